The first-order valence-corrected chi connectivity index (χ1v) is 8.15. The summed E-state index contributed by atoms with van der Waals surface area (Å²) in [5.74, 6) is -0.0249. The van der Waals surface area contributed by atoms with Crippen LogP contribution in [0.1, 0.15) is 61.0 Å². The molecule has 1 aromatic rings. The minimum Gasteiger partial charge on any atom is -0.396 e. The molecule has 1 aliphatic carbocycles. The molecule has 1 aliphatic rings. The predicted octanol–water partition coefficient (Wildman–Crippen LogP) is 3.09. The van der Waals surface area contributed by atoms with Gasteiger partial charge in [0.2, 0.25) is 0 Å². The van der Waals surface area contributed by atoms with Gasteiger partial charge in [0, 0.05) is 17.5 Å². The molecule has 2 N–H and O–H groups in total. The van der Waals surface area contributed by atoms with Gasteiger partial charge in [0.05, 0.1) is 6.61 Å². The van der Waals surface area contributed by atoms with E-state index in [2.05, 4.69) is 25.2 Å². The zero-order chi connectivity index (χ0) is 15.3. The summed E-state index contributed by atoms with van der Waals surface area (Å²) in [6, 6.07) is 6.07. The van der Waals surface area contributed by atoms with Crippen LogP contribution in [0.15, 0.2) is 18.2 Å². The van der Waals surface area contributed by atoms with Gasteiger partial charge in [0.15, 0.2) is 0 Å². The van der Waals surface area contributed by atoms with E-state index < -0.39 is 0 Å². The molecule has 0 radical (unpaired) electrons. The highest BCUT2D eigenvalue weighted by molar-refractivity contribution is 5.94. The predicted molar refractivity (Wildman–Crippen MR) is 85.5 cm³/mol. The molecule has 0 unspecified atom stereocenters. The maximum absolute atomic E-state index is 12.3. The Labute approximate surface area is 127 Å². The van der Waals surface area contributed by atoms with E-state index >= 15 is 0 Å². The quantitative estimate of drug-likeness (QED) is 0.845. The third-order valence-electron chi connectivity index (χ3n) is 5.07. The summed E-state index contributed by atoms with van der Waals surface area (Å²) < 4.78 is 0. The number of aliphatic hydroxyl groups is 1. The fourth-order valence-electron chi connectivity index (χ4n) is 3.02. The Morgan fingerprint density at radius 3 is 2.48 bits per heavy atom. The highest BCUT2D eigenvalue weighted by atomic mass is 16.3. The van der Waals surface area contributed by atoms with E-state index in [1.54, 1.807) is 0 Å². The van der Waals surface area contributed by atoms with E-state index in [1.807, 2.05) is 12.1 Å². The summed E-state index contributed by atoms with van der Waals surface area (Å²) >= 11 is 0. The Bertz CT molecular complexity index is 484. The second-order valence-electron chi connectivity index (χ2n) is 6.24. The average Bonchev–Trinajstić information content (AvgIpc) is 2.56. The van der Waals surface area contributed by atoms with Gasteiger partial charge < -0.3 is 10.4 Å². The molecule has 0 fully saturated rings. The van der Waals surface area contributed by atoms with Crippen LogP contribution in [0.5, 0.6) is 0 Å². The fraction of sp³-hybridized carbons (Fsp3) is 0.611. The molecule has 1 aromatic carbocycles. The van der Waals surface area contributed by atoms with Crippen LogP contribution in [0.3, 0.4) is 0 Å². The maximum atomic E-state index is 12.3. The second-order valence-corrected chi connectivity index (χ2v) is 6.24. The third-order valence-corrected chi connectivity index (χ3v) is 5.07. The molecule has 0 heterocycles. The molecule has 21 heavy (non-hydrogen) atoms. The van der Waals surface area contributed by atoms with E-state index in [0.29, 0.717) is 6.54 Å². The van der Waals surface area contributed by atoms with Gasteiger partial charge in [-0.25, -0.2) is 0 Å². The van der Waals surface area contributed by atoms with Crippen molar-refractivity contribution in [3.63, 3.8) is 0 Å². The van der Waals surface area contributed by atoms with Gasteiger partial charge in [0.25, 0.3) is 5.91 Å². The average molecular weight is 289 g/mol. The monoisotopic (exact) mass is 289 g/mol. The molecule has 116 valence electrons. The number of aryl methyl sites for hydroxylation is 2. The number of hydrogen-bond donors (Lipinski definition) is 2. The molecular weight excluding hydrogens is 262 g/mol. The highest BCUT2D eigenvalue weighted by Crippen LogP contribution is 2.25. The number of carbonyl (C=O) groups excluding carboxylic acids is 1. The van der Waals surface area contributed by atoms with Crippen LogP contribution in [-0.4, -0.2) is 24.2 Å². The van der Waals surface area contributed by atoms with Crippen molar-refractivity contribution in [3.05, 3.63) is 34.9 Å². The van der Waals surface area contributed by atoms with Crippen molar-refractivity contribution in [1.82, 2.24) is 5.32 Å². The largest absolute Gasteiger partial charge is 0.396 e. The number of fused-ring (bicyclic) bond motifs is 1. The van der Waals surface area contributed by atoms with Gasteiger partial charge >= 0.3 is 0 Å². The lowest BCUT2D eigenvalue weighted by molar-refractivity contribution is 0.0851. The summed E-state index contributed by atoms with van der Waals surface area (Å²) in [4.78, 5) is 12.3. The molecule has 0 saturated carbocycles. The first-order valence-electron chi connectivity index (χ1n) is 8.15. The number of nitrogens with one attached hydrogen (secondary N) is 1. The lowest BCUT2D eigenvalue weighted by Gasteiger charge is -2.29. The molecule has 0 aliphatic heterocycles. The topological polar surface area (TPSA) is 49.3 Å². The van der Waals surface area contributed by atoms with Crippen LogP contribution < -0.4 is 5.32 Å². The smallest absolute Gasteiger partial charge is 0.251 e. The van der Waals surface area contributed by atoms with E-state index in [9.17, 15) is 9.90 Å². The van der Waals surface area contributed by atoms with Crippen LogP contribution in [0.2, 0.25) is 0 Å². The number of amides is 1. The van der Waals surface area contributed by atoms with Crippen molar-refractivity contribution >= 4 is 5.91 Å². The minimum absolute atomic E-state index is 0.0249. The summed E-state index contributed by atoms with van der Waals surface area (Å²) in [5, 5.41) is 12.6. The summed E-state index contributed by atoms with van der Waals surface area (Å²) in [5.41, 5.74) is 3.27. The zero-order valence-corrected chi connectivity index (χ0v) is 13.2. The van der Waals surface area contributed by atoms with Crippen molar-refractivity contribution in [2.24, 2.45) is 5.41 Å². The van der Waals surface area contributed by atoms with Crippen LogP contribution in [-0.2, 0) is 12.8 Å². The molecule has 0 bridgehead atoms. The molecule has 2 rings (SSSR count). The van der Waals surface area contributed by atoms with Gasteiger partial charge in [-0.15, -0.1) is 0 Å². The minimum atomic E-state index is -0.191. The Balaban J connectivity index is 2.03. The number of hydrogen-bond acceptors (Lipinski definition) is 2. The van der Waals surface area contributed by atoms with Crippen molar-refractivity contribution in [3.8, 4) is 0 Å². The summed E-state index contributed by atoms with van der Waals surface area (Å²) in [7, 11) is 0. The van der Waals surface area contributed by atoms with Crippen molar-refractivity contribution in [2.75, 3.05) is 13.2 Å². The zero-order valence-electron chi connectivity index (χ0n) is 13.2. The van der Waals surface area contributed by atoms with Crippen molar-refractivity contribution < 1.29 is 9.90 Å². The van der Waals surface area contributed by atoms with Gasteiger partial charge in [-0.05, 0) is 61.8 Å². The third kappa shape index (κ3) is 3.65. The van der Waals surface area contributed by atoms with Crippen molar-refractivity contribution in [1.29, 1.82) is 0 Å². The van der Waals surface area contributed by atoms with Crippen molar-refractivity contribution in [2.45, 2.75) is 52.4 Å². The standard InChI is InChI=1S/C18H27NO2/c1-3-18(4-2,13-20)12-19-17(21)16-10-9-14-7-5-6-8-15(14)11-16/h9-11,20H,3-8,12-13H2,1-2H3,(H,19,21). The number of rotatable bonds is 6. The Hall–Kier alpha value is -1.35. The summed E-state index contributed by atoms with van der Waals surface area (Å²) in [6.45, 7) is 4.77. The molecule has 3 heteroatoms. The molecule has 0 spiro atoms. The van der Waals surface area contributed by atoms with Gasteiger partial charge in [0.1, 0.15) is 0 Å². The van der Waals surface area contributed by atoms with E-state index in [0.717, 1.165) is 31.2 Å². The van der Waals surface area contributed by atoms with Crippen LogP contribution in [0, 0.1) is 5.41 Å². The molecule has 0 aromatic heterocycles. The molecule has 3 nitrogen and oxygen atoms in total. The number of aliphatic hydroxyl groups excluding tert-OH is 1. The van der Waals surface area contributed by atoms with Gasteiger partial charge in [-0.2, -0.15) is 0 Å². The lowest BCUT2D eigenvalue weighted by atomic mass is 9.83. The van der Waals surface area contributed by atoms with Crippen LogP contribution in [0.25, 0.3) is 0 Å². The highest BCUT2D eigenvalue weighted by Gasteiger charge is 2.26. The first kappa shape index (κ1) is 16.0. The Kier molecular flexibility index (Phi) is 5.40. The molecule has 0 atom stereocenters. The number of benzene rings is 1. The fourth-order valence-corrected chi connectivity index (χ4v) is 3.02. The normalized spacial score (nSPS) is 14.6. The Morgan fingerprint density at radius 1 is 1.19 bits per heavy atom. The van der Waals surface area contributed by atoms with Crippen LogP contribution >= 0.6 is 0 Å². The number of carbonyl (C=O) groups is 1. The van der Waals surface area contributed by atoms with Gasteiger partial charge in [-0.1, -0.05) is 19.9 Å². The maximum Gasteiger partial charge on any atom is 0.251 e. The summed E-state index contributed by atoms with van der Waals surface area (Å²) in [6.07, 6.45) is 6.42. The second kappa shape index (κ2) is 7.08. The Morgan fingerprint density at radius 2 is 1.86 bits per heavy atom. The van der Waals surface area contributed by atoms with Crippen LogP contribution in [0.4, 0.5) is 0 Å². The molecular formula is C18H27NO2. The molecule has 0 saturated heterocycles. The molecule has 1 amide bonds. The van der Waals surface area contributed by atoms with Gasteiger partial charge in [-0.3, -0.25) is 4.79 Å². The SMILES string of the molecule is CCC(CC)(CO)CNC(=O)c1ccc2c(c1)CCCC2. The lowest BCUT2D eigenvalue weighted by Crippen LogP contribution is -2.39. The van der Waals surface area contributed by atoms with E-state index in [-0.39, 0.29) is 17.9 Å². The van der Waals surface area contributed by atoms with E-state index in [1.165, 1.54) is 24.0 Å². The van der Waals surface area contributed by atoms with E-state index in [4.69, 9.17) is 0 Å². The first-order chi connectivity index (χ1) is 10.1.